The number of carbonyl (C=O) groups is 1. The highest BCUT2D eigenvalue weighted by Crippen LogP contribution is 2.16. The zero-order chi connectivity index (χ0) is 13.8. The van der Waals surface area contributed by atoms with Crippen LogP contribution in [0.2, 0.25) is 0 Å². The largest absolute Gasteiger partial charge is 0.480 e. The van der Waals surface area contributed by atoms with Gasteiger partial charge in [-0.3, -0.25) is 9.59 Å². The van der Waals surface area contributed by atoms with E-state index in [1.807, 2.05) is 11.4 Å². The maximum atomic E-state index is 11.7. The first-order chi connectivity index (χ1) is 9.08. The Morgan fingerprint density at radius 2 is 2.42 bits per heavy atom. The highest BCUT2D eigenvalue weighted by atomic mass is 32.2. The van der Waals surface area contributed by atoms with Crippen LogP contribution in [0.3, 0.4) is 0 Å². The molecule has 4 N–H and O–H groups in total. The number of thioether (sulfide) groups is 1. The Morgan fingerprint density at radius 1 is 1.63 bits per heavy atom. The number of nitrogens with one attached hydrogen (secondary N) is 1. The van der Waals surface area contributed by atoms with Gasteiger partial charge < -0.3 is 15.8 Å². The summed E-state index contributed by atoms with van der Waals surface area (Å²) in [6.07, 6.45) is 0.394. The Hall–Kier alpha value is -1.38. The molecular formula is C11H13N3O3S2. The van der Waals surface area contributed by atoms with Gasteiger partial charge in [0.15, 0.2) is 0 Å². The number of aromatic nitrogens is 2. The van der Waals surface area contributed by atoms with Crippen molar-refractivity contribution in [3.8, 4) is 0 Å². The maximum absolute atomic E-state index is 11.7. The molecule has 0 aliphatic rings. The number of carboxylic acid groups (broad SMARTS) is 1. The lowest BCUT2D eigenvalue weighted by Crippen LogP contribution is -2.30. The fourth-order valence-electron chi connectivity index (χ4n) is 1.49. The van der Waals surface area contributed by atoms with Gasteiger partial charge in [-0.15, -0.1) is 11.3 Å². The molecule has 0 fully saturated rings. The summed E-state index contributed by atoms with van der Waals surface area (Å²) in [6, 6.07) is 0.975. The van der Waals surface area contributed by atoms with Gasteiger partial charge >= 0.3 is 5.97 Å². The van der Waals surface area contributed by atoms with Gasteiger partial charge in [-0.25, -0.2) is 4.98 Å². The Morgan fingerprint density at radius 3 is 3.16 bits per heavy atom. The topological polar surface area (TPSA) is 109 Å². The van der Waals surface area contributed by atoms with Gasteiger partial charge in [-0.1, -0.05) is 0 Å². The van der Waals surface area contributed by atoms with E-state index in [0.717, 1.165) is 0 Å². The van der Waals surface area contributed by atoms with E-state index in [-0.39, 0.29) is 5.56 Å². The summed E-state index contributed by atoms with van der Waals surface area (Å²) < 4.78 is 0.627. The second kappa shape index (κ2) is 6.18. The molecule has 2 heterocycles. The normalized spacial score (nSPS) is 12.7. The first-order valence-electron chi connectivity index (χ1n) is 5.60. The first-order valence-corrected chi connectivity index (χ1v) is 7.64. The number of aromatic amines is 1. The monoisotopic (exact) mass is 299 g/mol. The minimum absolute atomic E-state index is 0.127. The molecule has 0 saturated heterocycles. The van der Waals surface area contributed by atoms with Gasteiger partial charge in [0.1, 0.15) is 16.6 Å². The standard InChI is InChI=1S/C11H13N3O3S2/c12-6(11(16)17)1-3-18-5-8-13-7-2-4-19-9(7)10(15)14-8/h2,4,6H,1,3,5,12H2,(H,16,17)(H,13,14,15). The van der Waals surface area contributed by atoms with Crippen molar-refractivity contribution < 1.29 is 9.90 Å². The third-order valence-corrected chi connectivity index (χ3v) is 4.40. The molecule has 2 aromatic heterocycles. The number of nitrogens with zero attached hydrogens (tertiary/aromatic N) is 1. The molecular weight excluding hydrogens is 286 g/mol. The van der Waals surface area contributed by atoms with Crippen molar-refractivity contribution in [2.75, 3.05) is 5.75 Å². The lowest BCUT2D eigenvalue weighted by molar-refractivity contribution is -0.138. The molecule has 0 aromatic carbocycles. The number of aliphatic carboxylic acids is 1. The molecule has 6 nitrogen and oxygen atoms in total. The van der Waals surface area contributed by atoms with E-state index >= 15 is 0 Å². The summed E-state index contributed by atoms with van der Waals surface area (Å²) in [7, 11) is 0. The second-order valence-corrected chi connectivity index (χ2v) is 5.95. The predicted octanol–water partition coefficient (Wildman–Crippen LogP) is 1.02. The van der Waals surface area contributed by atoms with Gasteiger partial charge in [0.2, 0.25) is 0 Å². The van der Waals surface area contributed by atoms with Crippen molar-refractivity contribution in [3.63, 3.8) is 0 Å². The minimum atomic E-state index is -0.994. The average Bonchev–Trinajstić information content (AvgIpc) is 2.83. The van der Waals surface area contributed by atoms with E-state index in [1.165, 1.54) is 23.1 Å². The van der Waals surface area contributed by atoms with Crippen molar-refractivity contribution in [3.05, 3.63) is 27.6 Å². The van der Waals surface area contributed by atoms with Gasteiger partial charge in [0.25, 0.3) is 5.56 Å². The highest BCUT2D eigenvalue weighted by molar-refractivity contribution is 7.98. The van der Waals surface area contributed by atoms with E-state index in [0.29, 0.717) is 34.0 Å². The zero-order valence-electron chi connectivity index (χ0n) is 9.96. The molecule has 0 aliphatic heterocycles. The quantitative estimate of drug-likeness (QED) is 0.687. The summed E-state index contributed by atoms with van der Waals surface area (Å²) in [5, 5.41) is 10.5. The summed E-state index contributed by atoms with van der Waals surface area (Å²) in [5.74, 6) is 0.753. The Kier molecular flexibility index (Phi) is 4.56. The molecule has 0 spiro atoms. The van der Waals surface area contributed by atoms with Crippen molar-refractivity contribution in [1.82, 2.24) is 9.97 Å². The maximum Gasteiger partial charge on any atom is 0.320 e. The number of carboxylic acids is 1. The van der Waals surface area contributed by atoms with Crippen molar-refractivity contribution >= 4 is 39.3 Å². The molecule has 0 bridgehead atoms. The van der Waals surface area contributed by atoms with Crippen LogP contribution < -0.4 is 11.3 Å². The van der Waals surface area contributed by atoms with Crippen LogP contribution in [0.5, 0.6) is 0 Å². The second-order valence-electron chi connectivity index (χ2n) is 3.93. The highest BCUT2D eigenvalue weighted by Gasteiger charge is 2.11. The average molecular weight is 299 g/mol. The van der Waals surface area contributed by atoms with E-state index in [1.54, 1.807) is 0 Å². The zero-order valence-corrected chi connectivity index (χ0v) is 11.6. The van der Waals surface area contributed by atoms with Crippen molar-refractivity contribution in [1.29, 1.82) is 0 Å². The molecule has 2 aromatic rings. The van der Waals surface area contributed by atoms with Gasteiger partial charge in [-0.2, -0.15) is 11.8 Å². The fraction of sp³-hybridized carbons (Fsp3) is 0.364. The Balaban J connectivity index is 1.91. The fourth-order valence-corrected chi connectivity index (χ4v) is 3.11. The third-order valence-electron chi connectivity index (χ3n) is 2.49. The van der Waals surface area contributed by atoms with Crippen LogP contribution >= 0.6 is 23.1 Å². The van der Waals surface area contributed by atoms with E-state index < -0.39 is 12.0 Å². The molecule has 0 saturated carbocycles. The SMILES string of the molecule is NC(CCSCc1nc2ccsc2c(=O)[nH]1)C(=O)O. The lowest BCUT2D eigenvalue weighted by atomic mass is 10.2. The predicted molar refractivity (Wildman–Crippen MR) is 76.6 cm³/mol. The van der Waals surface area contributed by atoms with Crippen molar-refractivity contribution in [2.24, 2.45) is 5.73 Å². The minimum Gasteiger partial charge on any atom is -0.480 e. The summed E-state index contributed by atoms with van der Waals surface area (Å²) in [4.78, 5) is 29.3. The lowest BCUT2D eigenvalue weighted by Gasteiger charge is -2.05. The van der Waals surface area contributed by atoms with E-state index in [9.17, 15) is 9.59 Å². The number of hydrogen-bond donors (Lipinski definition) is 3. The smallest absolute Gasteiger partial charge is 0.320 e. The summed E-state index contributed by atoms with van der Waals surface area (Å²) in [5.41, 5.74) is 5.97. The molecule has 102 valence electrons. The van der Waals surface area contributed by atoms with Gasteiger partial charge in [0.05, 0.1) is 11.3 Å². The third kappa shape index (κ3) is 3.55. The van der Waals surface area contributed by atoms with Crippen LogP contribution in [0.1, 0.15) is 12.2 Å². The number of hydrogen-bond acceptors (Lipinski definition) is 6. The molecule has 0 aliphatic carbocycles. The molecule has 0 radical (unpaired) electrons. The van der Waals surface area contributed by atoms with Gasteiger partial charge in [0, 0.05) is 0 Å². The Labute approximate surface area is 117 Å². The molecule has 1 atom stereocenters. The van der Waals surface area contributed by atoms with Crippen LogP contribution in [-0.4, -0.2) is 32.8 Å². The van der Waals surface area contributed by atoms with Crippen LogP contribution in [-0.2, 0) is 10.5 Å². The Bertz CT molecular complexity index is 637. The number of rotatable bonds is 6. The van der Waals surface area contributed by atoms with E-state index in [4.69, 9.17) is 10.8 Å². The number of fused-ring (bicyclic) bond motifs is 1. The van der Waals surface area contributed by atoms with Crippen molar-refractivity contribution in [2.45, 2.75) is 18.2 Å². The van der Waals surface area contributed by atoms with Crippen LogP contribution in [0.25, 0.3) is 10.2 Å². The van der Waals surface area contributed by atoms with Crippen LogP contribution in [0, 0.1) is 0 Å². The number of nitrogens with two attached hydrogens (primary N) is 1. The molecule has 8 heteroatoms. The van der Waals surface area contributed by atoms with Gasteiger partial charge in [-0.05, 0) is 23.6 Å². The van der Waals surface area contributed by atoms with Crippen LogP contribution in [0.15, 0.2) is 16.2 Å². The number of H-pyrrole nitrogens is 1. The molecule has 2 rings (SSSR count). The summed E-state index contributed by atoms with van der Waals surface area (Å²) >= 11 is 2.86. The molecule has 19 heavy (non-hydrogen) atoms. The van der Waals surface area contributed by atoms with Crippen LogP contribution in [0.4, 0.5) is 0 Å². The van der Waals surface area contributed by atoms with E-state index in [2.05, 4.69) is 9.97 Å². The number of thiophene rings is 1. The first kappa shape index (κ1) is 14.0. The summed E-state index contributed by atoms with van der Waals surface area (Å²) in [6.45, 7) is 0. The molecule has 0 amide bonds. The molecule has 1 unspecified atom stereocenters.